The molecule has 20 heavy (non-hydrogen) atoms. The van der Waals surface area contributed by atoms with Gasteiger partial charge in [-0.1, -0.05) is 12.1 Å². The molecule has 0 spiro atoms. The van der Waals surface area contributed by atoms with Gasteiger partial charge in [0.15, 0.2) is 0 Å². The first-order valence-corrected chi connectivity index (χ1v) is 7.52. The highest BCUT2D eigenvalue weighted by Gasteiger charge is 2.16. The van der Waals surface area contributed by atoms with Gasteiger partial charge in [0.05, 0.1) is 12.4 Å². The minimum absolute atomic E-state index is 0.0159. The van der Waals surface area contributed by atoms with E-state index in [1.807, 2.05) is 0 Å². The van der Waals surface area contributed by atoms with E-state index >= 15 is 0 Å². The molecule has 2 rings (SSSR count). The molecule has 0 aliphatic rings. The Morgan fingerprint density at radius 1 is 1.35 bits per heavy atom. The van der Waals surface area contributed by atoms with Gasteiger partial charge in [-0.2, -0.15) is 5.10 Å². The fourth-order valence-electron chi connectivity index (χ4n) is 1.61. The molecular formula is C12H15FN4O2S. The summed E-state index contributed by atoms with van der Waals surface area (Å²) >= 11 is 0. The van der Waals surface area contributed by atoms with Gasteiger partial charge >= 0.3 is 0 Å². The van der Waals surface area contributed by atoms with Crippen molar-refractivity contribution in [1.82, 2.24) is 14.5 Å². The van der Waals surface area contributed by atoms with Crippen molar-refractivity contribution < 1.29 is 12.8 Å². The predicted octanol–water partition coefficient (Wildman–Crippen LogP) is 0.639. The molecule has 0 amide bonds. The number of nitrogens with zero attached hydrogens (tertiary/aromatic N) is 2. The molecule has 0 radical (unpaired) electrons. The summed E-state index contributed by atoms with van der Waals surface area (Å²) < 4.78 is 41.1. The second-order valence-electron chi connectivity index (χ2n) is 4.11. The van der Waals surface area contributed by atoms with Gasteiger partial charge in [-0.3, -0.25) is 0 Å². The molecule has 0 saturated carbocycles. The zero-order valence-electron chi connectivity index (χ0n) is 10.7. The van der Waals surface area contributed by atoms with Crippen LogP contribution in [0, 0.1) is 5.82 Å². The highest BCUT2D eigenvalue weighted by Crippen LogP contribution is 2.14. The number of para-hydroxylation sites is 1. The molecular weight excluding hydrogens is 283 g/mol. The van der Waals surface area contributed by atoms with Crippen LogP contribution in [-0.2, 0) is 10.0 Å². The van der Waals surface area contributed by atoms with E-state index in [9.17, 15) is 12.8 Å². The molecule has 1 heterocycles. The van der Waals surface area contributed by atoms with E-state index in [0.717, 1.165) is 0 Å². The maximum Gasteiger partial charge on any atom is 0.243 e. The number of benzene rings is 1. The Hall–Kier alpha value is -1.77. The lowest BCUT2D eigenvalue weighted by atomic mass is 10.3. The van der Waals surface area contributed by atoms with Crippen LogP contribution in [0.1, 0.15) is 6.42 Å². The lowest BCUT2D eigenvalue weighted by Crippen LogP contribution is -2.25. The van der Waals surface area contributed by atoms with E-state index in [1.54, 1.807) is 12.1 Å². The Kier molecular flexibility index (Phi) is 4.48. The number of hydrogen-bond acceptors (Lipinski definition) is 4. The molecule has 0 bridgehead atoms. The van der Waals surface area contributed by atoms with E-state index in [1.165, 1.54) is 29.2 Å². The number of nitrogens with two attached hydrogens (primary N) is 1. The molecule has 2 aromatic rings. The first-order valence-electron chi connectivity index (χ1n) is 6.04. The van der Waals surface area contributed by atoms with E-state index in [0.29, 0.717) is 13.0 Å². The third kappa shape index (κ3) is 3.21. The monoisotopic (exact) mass is 298 g/mol. The molecule has 0 atom stereocenters. The van der Waals surface area contributed by atoms with Gasteiger partial charge < -0.3 is 5.73 Å². The summed E-state index contributed by atoms with van der Waals surface area (Å²) in [4.78, 5) is -0.0159. The van der Waals surface area contributed by atoms with Crippen LogP contribution in [0.3, 0.4) is 0 Å². The third-order valence-corrected chi connectivity index (χ3v) is 4.06. The average molecular weight is 298 g/mol. The third-order valence-electron chi connectivity index (χ3n) is 2.64. The highest BCUT2D eigenvalue weighted by molar-refractivity contribution is 7.89. The van der Waals surface area contributed by atoms with Crippen molar-refractivity contribution in [2.75, 3.05) is 13.1 Å². The summed E-state index contributed by atoms with van der Waals surface area (Å²) in [5.41, 5.74) is 5.49. The minimum atomic E-state index is -3.64. The number of halogens is 1. The zero-order valence-corrected chi connectivity index (χ0v) is 11.5. The molecule has 0 saturated heterocycles. The molecule has 0 aliphatic carbocycles. The van der Waals surface area contributed by atoms with Crippen molar-refractivity contribution in [3.63, 3.8) is 0 Å². The Bertz CT molecular complexity index is 684. The van der Waals surface area contributed by atoms with Crippen molar-refractivity contribution in [2.45, 2.75) is 11.3 Å². The van der Waals surface area contributed by atoms with Crippen LogP contribution in [0.5, 0.6) is 0 Å². The lowest BCUT2D eigenvalue weighted by molar-refractivity contribution is 0.579. The first-order chi connectivity index (χ1) is 9.54. The van der Waals surface area contributed by atoms with Gasteiger partial charge in [-0.25, -0.2) is 22.2 Å². The van der Waals surface area contributed by atoms with Crippen molar-refractivity contribution >= 4 is 10.0 Å². The Morgan fingerprint density at radius 3 is 2.80 bits per heavy atom. The van der Waals surface area contributed by atoms with Crippen LogP contribution in [0.4, 0.5) is 4.39 Å². The van der Waals surface area contributed by atoms with Gasteiger partial charge in [0.1, 0.15) is 16.4 Å². The summed E-state index contributed by atoms with van der Waals surface area (Å²) in [6.07, 6.45) is 2.99. The molecule has 6 nitrogen and oxygen atoms in total. The standard InChI is InChI=1S/C12H15FN4O2S/c13-11-4-1-2-5-12(11)17-9-10(8-15-17)20(18,19)16-7-3-6-14/h1-2,4-5,8-9,16H,3,6-7,14H2. The molecule has 1 aromatic carbocycles. The zero-order chi connectivity index (χ0) is 14.6. The predicted molar refractivity (Wildman–Crippen MR) is 72.4 cm³/mol. The van der Waals surface area contributed by atoms with Gasteiger partial charge in [-0.15, -0.1) is 0 Å². The molecule has 0 aliphatic heterocycles. The minimum Gasteiger partial charge on any atom is -0.330 e. The fraction of sp³-hybridized carbons (Fsp3) is 0.250. The fourth-order valence-corrected chi connectivity index (χ4v) is 2.61. The van der Waals surface area contributed by atoms with Crippen LogP contribution in [0.15, 0.2) is 41.6 Å². The second-order valence-corrected chi connectivity index (χ2v) is 5.88. The second kappa shape index (κ2) is 6.12. The molecule has 1 aromatic heterocycles. The topological polar surface area (TPSA) is 90.0 Å². The molecule has 0 fully saturated rings. The van der Waals surface area contributed by atoms with Crippen molar-refractivity contribution in [1.29, 1.82) is 0 Å². The van der Waals surface area contributed by atoms with Crippen molar-refractivity contribution in [2.24, 2.45) is 5.73 Å². The maximum atomic E-state index is 13.6. The largest absolute Gasteiger partial charge is 0.330 e. The quantitative estimate of drug-likeness (QED) is 0.766. The first kappa shape index (κ1) is 14.6. The van der Waals surface area contributed by atoms with Crippen LogP contribution in [0.25, 0.3) is 5.69 Å². The number of sulfonamides is 1. The van der Waals surface area contributed by atoms with E-state index in [4.69, 9.17) is 5.73 Å². The Morgan fingerprint density at radius 2 is 2.10 bits per heavy atom. The van der Waals surface area contributed by atoms with Crippen molar-refractivity contribution in [3.05, 3.63) is 42.5 Å². The Balaban J connectivity index is 2.23. The van der Waals surface area contributed by atoms with E-state index in [2.05, 4.69) is 9.82 Å². The number of nitrogens with one attached hydrogen (secondary N) is 1. The summed E-state index contributed by atoms with van der Waals surface area (Å²) in [6, 6.07) is 5.99. The van der Waals surface area contributed by atoms with E-state index < -0.39 is 15.8 Å². The lowest BCUT2D eigenvalue weighted by Gasteiger charge is -2.03. The summed E-state index contributed by atoms with van der Waals surface area (Å²) in [5, 5.41) is 3.87. The van der Waals surface area contributed by atoms with Gasteiger partial charge in [0.25, 0.3) is 0 Å². The number of hydrogen-bond donors (Lipinski definition) is 2. The molecule has 3 N–H and O–H groups in total. The van der Waals surface area contributed by atoms with Gasteiger partial charge in [0.2, 0.25) is 10.0 Å². The van der Waals surface area contributed by atoms with Crippen LogP contribution in [0.2, 0.25) is 0 Å². The smallest absolute Gasteiger partial charge is 0.243 e. The van der Waals surface area contributed by atoms with E-state index in [-0.39, 0.29) is 17.1 Å². The average Bonchev–Trinajstić information content (AvgIpc) is 2.90. The van der Waals surface area contributed by atoms with Crippen LogP contribution >= 0.6 is 0 Å². The number of rotatable bonds is 6. The van der Waals surface area contributed by atoms with Crippen LogP contribution < -0.4 is 10.5 Å². The van der Waals surface area contributed by atoms with Gasteiger partial charge in [0, 0.05) is 6.54 Å². The summed E-state index contributed by atoms with van der Waals surface area (Å²) in [5.74, 6) is -0.476. The molecule has 8 heteroatoms. The van der Waals surface area contributed by atoms with Crippen LogP contribution in [-0.4, -0.2) is 31.3 Å². The SMILES string of the molecule is NCCCNS(=O)(=O)c1cnn(-c2ccccc2F)c1. The Labute approximate surface area is 116 Å². The molecule has 0 unspecified atom stereocenters. The summed E-state index contributed by atoms with van der Waals surface area (Å²) in [7, 11) is -3.64. The summed E-state index contributed by atoms with van der Waals surface area (Å²) in [6.45, 7) is 0.653. The maximum absolute atomic E-state index is 13.6. The molecule has 108 valence electrons. The number of aromatic nitrogens is 2. The van der Waals surface area contributed by atoms with Crippen molar-refractivity contribution in [3.8, 4) is 5.69 Å². The highest BCUT2D eigenvalue weighted by atomic mass is 32.2. The normalized spacial score (nSPS) is 11.7. The van der Waals surface area contributed by atoms with Gasteiger partial charge in [-0.05, 0) is 25.1 Å².